The number of aldehydes is 1. The highest BCUT2D eigenvalue weighted by atomic mass is 16.5. The first-order valence-corrected chi connectivity index (χ1v) is 5.13. The van der Waals surface area contributed by atoms with Crippen LogP contribution >= 0.6 is 0 Å². The van der Waals surface area contributed by atoms with Crippen LogP contribution in [0.1, 0.15) is 5.56 Å². The molecular weight excluding hydrogens is 204 g/mol. The van der Waals surface area contributed by atoms with E-state index in [-0.39, 0.29) is 0 Å². The number of carbonyl (C=O) groups is 1. The SMILES string of the molecule is O=CC1(COCc2ccccc2)NC=CN1. The van der Waals surface area contributed by atoms with Gasteiger partial charge in [0, 0.05) is 12.4 Å². The number of ether oxygens (including phenoxy) is 1. The Labute approximate surface area is 94.3 Å². The Hall–Kier alpha value is -1.81. The van der Waals surface area contributed by atoms with Gasteiger partial charge >= 0.3 is 0 Å². The molecule has 1 aliphatic heterocycles. The van der Waals surface area contributed by atoms with Crippen LogP contribution in [0.25, 0.3) is 0 Å². The third-order valence-electron chi connectivity index (χ3n) is 2.41. The Morgan fingerprint density at radius 1 is 1.19 bits per heavy atom. The summed E-state index contributed by atoms with van der Waals surface area (Å²) in [6.45, 7) is 0.790. The summed E-state index contributed by atoms with van der Waals surface area (Å²) in [4.78, 5) is 10.9. The van der Waals surface area contributed by atoms with Crippen LogP contribution < -0.4 is 10.6 Å². The molecule has 0 atom stereocenters. The lowest BCUT2D eigenvalue weighted by atomic mass is 10.2. The first-order valence-electron chi connectivity index (χ1n) is 5.13. The standard InChI is InChI=1S/C12H14N2O2/c15-9-12(13-6-7-14-12)10-16-8-11-4-2-1-3-5-11/h1-7,9,13-14H,8,10H2. The molecule has 16 heavy (non-hydrogen) atoms. The summed E-state index contributed by atoms with van der Waals surface area (Å²) in [5.41, 5.74) is 0.295. The fourth-order valence-corrected chi connectivity index (χ4v) is 1.51. The highest BCUT2D eigenvalue weighted by molar-refractivity contribution is 5.65. The molecule has 0 spiro atoms. The van der Waals surface area contributed by atoms with Crippen LogP contribution in [0.4, 0.5) is 0 Å². The zero-order valence-electron chi connectivity index (χ0n) is 8.85. The quantitative estimate of drug-likeness (QED) is 0.716. The summed E-state index contributed by atoms with van der Waals surface area (Å²) in [7, 11) is 0. The van der Waals surface area contributed by atoms with Crippen LogP contribution in [-0.4, -0.2) is 18.6 Å². The second-order valence-electron chi connectivity index (χ2n) is 3.69. The molecule has 0 amide bonds. The van der Waals surface area contributed by atoms with Gasteiger partial charge in [0.2, 0.25) is 0 Å². The molecule has 4 heteroatoms. The van der Waals surface area contributed by atoms with Crippen molar-refractivity contribution in [1.29, 1.82) is 0 Å². The predicted molar refractivity (Wildman–Crippen MR) is 60.3 cm³/mol. The van der Waals surface area contributed by atoms with Gasteiger partial charge in [-0.1, -0.05) is 30.3 Å². The van der Waals surface area contributed by atoms with Crippen molar-refractivity contribution in [2.24, 2.45) is 0 Å². The molecule has 0 aliphatic carbocycles. The van der Waals surface area contributed by atoms with Crippen molar-refractivity contribution in [1.82, 2.24) is 10.6 Å². The summed E-state index contributed by atoms with van der Waals surface area (Å²) >= 11 is 0. The van der Waals surface area contributed by atoms with Gasteiger partial charge in [-0.3, -0.25) is 4.79 Å². The number of carbonyl (C=O) groups excluding carboxylic acids is 1. The molecule has 84 valence electrons. The van der Waals surface area contributed by atoms with E-state index in [0.717, 1.165) is 11.8 Å². The van der Waals surface area contributed by atoms with Crippen molar-refractivity contribution in [2.75, 3.05) is 6.61 Å². The van der Waals surface area contributed by atoms with E-state index in [0.29, 0.717) is 13.2 Å². The molecule has 1 aliphatic rings. The Kier molecular flexibility index (Phi) is 3.22. The molecule has 0 aromatic heterocycles. The van der Waals surface area contributed by atoms with Crippen molar-refractivity contribution >= 4 is 6.29 Å². The predicted octanol–water partition coefficient (Wildman–Crippen LogP) is 0.762. The number of nitrogens with one attached hydrogen (secondary N) is 2. The molecular formula is C12H14N2O2. The van der Waals surface area contributed by atoms with Crippen molar-refractivity contribution < 1.29 is 9.53 Å². The normalized spacial score (nSPS) is 16.5. The van der Waals surface area contributed by atoms with Crippen molar-refractivity contribution in [3.05, 3.63) is 48.3 Å². The Morgan fingerprint density at radius 3 is 2.50 bits per heavy atom. The summed E-state index contributed by atoms with van der Waals surface area (Å²) in [5, 5.41) is 5.84. The van der Waals surface area contributed by atoms with Gasteiger partial charge in [-0.05, 0) is 5.56 Å². The van der Waals surface area contributed by atoms with Crippen molar-refractivity contribution in [3.63, 3.8) is 0 Å². The number of rotatable bonds is 5. The van der Waals surface area contributed by atoms with Crippen LogP contribution in [0.2, 0.25) is 0 Å². The van der Waals surface area contributed by atoms with Gasteiger partial charge < -0.3 is 15.4 Å². The topological polar surface area (TPSA) is 50.4 Å². The largest absolute Gasteiger partial charge is 0.372 e. The Bertz CT molecular complexity index is 368. The number of hydrogen-bond donors (Lipinski definition) is 2. The second-order valence-corrected chi connectivity index (χ2v) is 3.69. The fourth-order valence-electron chi connectivity index (χ4n) is 1.51. The lowest BCUT2D eigenvalue weighted by Crippen LogP contribution is -2.54. The minimum absolute atomic E-state index is 0.290. The fraction of sp³-hybridized carbons (Fsp3) is 0.250. The zero-order valence-corrected chi connectivity index (χ0v) is 8.85. The van der Waals surface area contributed by atoms with Gasteiger partial charge in [-0.2, -0.15) is 0 Å². The van der Waals surface area contributed by atoms with Crippen molar-refractivity contribution in [2.45, 2.75) is 12.3 Å². The van der Waals surface area contributed by atoms with E-state index in [9.17, 15) is 4.79 Å². The average Bonchev–Trinajstić information content (AvgIpc) is 2.80. The first-order chi connectivity index (χ1) is 7.85. The van der Waals surface area contributed by atoms with Gasteiger partial charge in [0.15, 0.2) is 11.9 Å². The third kappa shape index (κ3) is 2.41. The molecule has 4 nitrogen and oxygen atoms in total. The maximum atomic E-state index is 10.9. The molecule has 2 rings (SSSR count). The summed E-state index contributed by atoms with van der Waals surface area (Å²) in [6.07, 6.45) is 4.21. The van der Waals surface area contributed by atoms with E-state index in [1.54, 1.807) is 12.4 Å². The highest BCUT2D eigenvalue weighted by Gasteiger charge is 2.29. The maximum absolute atomic E-state index is 10.9. The molecule has 0 unspecified atom stereocenters. The second kappa shape index (κ2) is 4.81. The summed E-state index contributed by atoms with van der Waals surface area (Å²) in [5.74, 6) is 0. The maximum Gasteiger partial charge on any atom is 0.188 e. The zero-order chi connectivity index (χ0) is 11.3. The lowest BCUT2D eigenvalue weighted by molar-refractivity contribution is -0.116. The molecule has 0 bridgehead atoms. The van der Waals surface area contributed by atoms with Crippen LogP contribution in [0.15, 0.2) is 42.7 Å². The van der Waals surface area contributed by atoms with Crippen LogP contribution in [-0.2, 0) is 16.1 Å². The van der Waals surface area contributed by atoms with Crippen LogP contribution in [0.5, 0.6) is 0 Å². The molecule has 0 fully saturated rings. The Balaban J connectivity index is 1.82. The van der Waals surface area contributed by atoms with Gasteiger partial charge in [0.1, 0.15) is 0 Å². The average molecular weight is 218 g/mol. The molecule has 0 radical (unpaired) electrons. The van der Waals surface area contributed by atoms with E-state index >= 15 is 0 Å². The van der Waals surface area contributed by atoms with Crippen LogP contribution in [0.3, 0.4) is 0 Å². The third-order valence-corrected chi connectivity index (χ3v) is 2.41. The monoisotopic (exact) mass is 218 g/mol. The molecule has 1 heterocycles. The first kappa shape index (κ1) is 10.7. The summed E-state index contributed by atoms with van der Waals surface area (Å²) in [6, 6.07) is 9.85. The molecule has 2 N–H and O–H groups in total. The smallest absolute Gasteiger partial charge is 0.188 e. The molecule has 1 aromatic rings. The summed E-state index contributed by atoms with van der Waals surface area (Å²) < 4.78 is 5.50. The van der Waals surface area contributed by atoms with E-state index in [1.807, 2.05) is 30.3 Å². The number of hydrogen-bond acceptors (Lipinski definition) is 4. The van der Waals surface area contributed by atoms with Crippen molar-refractivity contribution in [3.8, 4) is 0 Å². The highest BCUT2D eigenvalue weighted by Crippen LogP contribution is 2.06. The van der Waals surface area contributed by atoms with E-state index in [1.165, 1.54) is 0 Å². The molecule has 1 aromatic carbocycles. The van der Waals surface area contributed by atoms with Gasteiger partial charge in [-0.15, -0.1) is 0 Å². The number of benzene rings is 1. The van der Waals surface area contributed by atoms with E-state index < -0.39 is 5.66 Å². The van der Waals surface area contributed by atoms with Gasteiger partial charge in [0.05, 0.1) is 13.2 Å². The van der Waals surface area contributed by atoms with E-state index in [4.69, 9.17) is 4.74 Å². The minimum atomic E-state index is -0.797. The Morgan fingerprint density at radius 2 is 1.88 bits per heavy atom. The van der Waals surface area contributed by atoms with Gasteiger partial charge in [-0.25, -0.2) is 0 Å². The van der Waals surface area contributed by atoms with Gasteiger partial charge in [0.25, 0.3) is 0 Å². The molecule has 0 saturated heterocycles. The van der Waals surface area contributed by atoms with E-state index in [2.05, 4.69) is 10.6 Å². The molecule has 0 saturated carbocycles. The minimum Gasteiger partial charge on any atom is -0.372 e. The lowest BCUT2D eigenvalue weighted by Gasteiger charge is -2.23. The van der Waals surface area contributed by atoms with Crippen LogP contribution in [0, 0.1) is 0 Å².